The van der Waals surface area contributed by atoms with E-state index in [1.807, 2.05) is 63.2 Å². The van der Waals surface area contributed by atoms with E-state index < -0.39 is 0 Å². The lowest BCUT2D eigenvalue weighted by Crippen LogP contribution is -2.36. The van der Waals surface area contributed by atoms with Gasteiger partial charge in [-0.1, -0.05) is 42.8 Å². The first kappa shape index (κ1) is 21.0. The Kier molecular flexibility index (Phi) is 6.64. The van der Waals surface area contributed by atoms with E-state index in [1.165, 1.54) is 10.5 Å². The van der Waals surface area contributed by atoms with Crippen LogP contribution in [-0.4, -0.2) is 29.2 Å². The van der Waals surface area contributed by atoms with Gasteiger partial charge in [-0.25, -0.2) is 0 Å². The van der Waals surface area contributed by atoms with Crippen LogP contribution in [0.2, 0.25) is 0 Å². The Balaban J connectivity index is 1.76. The first-order valence-electron chi connectivity index (χ1n) is 9.56. The molecule has 1 aliphatic heterocycles. The molecule has 6 heteroatoms. The van der Waals surface area contributed by atoms with Gasteiger partial charge in [-0.3, -0.25) is 14.5 Å². The zero-order chi connectivity index (χ0) is 21.0. The maximum absolute atomic E-state index is 12.6. The summed E-state index contributed by atoms with van der Waals surface area (Å²) < 4.78 is 11.4. The van der Waals surface area contributed by atoms with Crippen molar-refractivity contribution in [3.05, 3.63) is 64.1 Å². The molecule has 152 valence electrons. The van der Waals surface area contributed by atoms with E-state index in [0.29, 0.717) is 23.0 Å². The van der Waals surface area contributed by atoms with Gasteiger partial charge in [0.25, 0.3) is 11.1 Å². The van der Waals surface area contributed by atoms with Crippen molar-refractivity contribution >= 4 is 29.0 Å². The fourth-order valence-corrected chi connectivity index (χ4v) is 3.86. The van der Waals surface area contributed by atoms with Crippen LogP contribution in [0.15, 0.2) is 47.4 Å². The molecule has 0 bridgehead atoms. The molecule has 0 aliphatic carbocycles. The van der Waals surface area contributed by atoms with Gasteiger partial charge in [0.05, 0.1) is 12.0 Å². The van der Waals surface area contributed by atoms with Gasteiger partial charge in [0.1, 0.15) is 6.61 Å². The molecular weight excluding hydrogens is 386 g/mol. The summed E-state index contributed by atoms with van der Waals surface area (Å²) in [7, 11) is 1.58. The van der Waals surface area contributed by atoms with E-state index >= 15 is 0 Å². The van der Waals surface area contributed by atoms with Crippen molar-refractivity contribution in [3.63, 3.8) is 0 Å². The minimum absolute atomic E-state index is 0.111. The van der Waals surface area contributed by atoms with Crippen LogP contribution in [0.1, 0.15) is 37.0 Å². The summed E-state index contributed by atoms with van der Waals surface area (Å²) in [5.74, 6) is 0.956. The number of aryl methyl sites for hydroxylation is 1. The van der Waals surface area contributed by atoms with Crippen molar-refractivity contribution in [1.29, 1.82) is 0 Å². The number of ether oxygens (including phenoxy) is 2. The molecule has 3 rings (SSSR count). The molecule has 0 saturated carbocycles. The predicted octanol–water partition coefficient (Wildman–Crippen LogP) is 5.42. The lowest BCUT2D eigenvalue weighted by atomic mass is 10.1. The van der Waals surface area contributed by atoms with Gasteiger partial charge in [-0.05, 0) is 61.4 Å². The third-order valence-electron chi connectivity index (χ3n) is 4.86. The summed E-state index contributed by atoms with van der Waals surface area (Å²) in [5.41, 5.74) is 3.05. The lowest BCUT2D eigenvalue weighted by Gasteiger charge is -2.19. The summed E-state index contributed by atoms with van der Waals surface area (Å²) in [6, 6.07) is 13.5. The molecule has 0 spiro atoms. The molecule has 29 heavy (non-hydrogen) atoms. The van der Waals surface area contributed by atoms with Crippen molar-refractivity contribution in [2.24, 2.45) is 0 Å². The standard InChI is InChI=1S/C23H25NO4S/c1-5-16(3)24-22(25)21(29-23(24)26)13-18-10-11-19(20(12-18)27-4)28-14-17-8-6-15(2)7-9-17/h6-13,16H,5,14H2,1-4H3/b21-13+/t16-/m0/s1. The number of rotatable bonds is 7. The summed E-state index contributed by atoms with van der Waals surface area (Å²) >= 11 is 0.973. The molecule has 1 aliphatic rings. The number of imide groups is 1. The molecule has 0 unspecified atom stereocenters. The fraction of sp³-hybridized carbons (Fsp3) is 0.304. The van der Waals surface area contributed by atoms with Crippen molar-refractivity contribution in [1.82, 2.24) is 4.90 Å². The predicted molar refractivity (Wildman–Crippen MR) is 116 cm³/mol. The number of benzene rings is 2. The Hall–Kier alpha value is -2.73. The zero-order valence-electron chi connectivity index (χ0n) is 17.1. The minimum atomic E-state index is -0.243. The fourth-order valence-electron chi connectivity index (χ4n) is 2.93. The first-order valence-corrected chi connectivity index (χ1v) is 10.4. The van der Waals surface area contributed by atoms with Crippen molar-refractivity contribution in [2.75, 3.05) is 7.11 Å². The lowest BCUT2D eigenvalue weighted by molar-refractivity contribution is -0.124. The third-order valence-corrected chi connectivity index (χ3v) is 5.74. The molecule has 0 radical (unpaired) electrons. The van der Waals surface area contributed by atoms with Crippen molar-refractivity contribution in [3.8, 4) is 11.5 Å². The molecule has 1 fully saturated rings. The van der Waals surface area contributed by atoms with Gasteiger partial charge in [-0.2, -0.15) is 0 Å². The molecule has 2 aromatic carbocycles. The molecule has 1 heterocycles. The average Bonchev–Trinajstić information content (AvgIpc) is 3.00. The number of amides is 2. The Morgan fingerprint density at radius 3 is 2.48 bits per heavy atom. The van der Waals surface area contributed by atoms with E-state index in [4.69, 9.17) is 9.47 Å². The van der Waals surface area contributed by atoms with E-state index in [0.717, 1.165) is 29.3 Å². The van der Waals surface area contributed by atoms with Gasteiger partial charge in [-0.15, -0.1) is 0 Å². The normalized spacial score (nSPS) is 16.4. The Morgan fingerprint density at radius 1 is 1.10 bits per heavy atom. The van der Waals surface area contributed by atoms with Crippen molar-refractivity contribution < 1.29 is 19.1 Å². The zero-order valence-corrected chi connectivity index (χ0v) is 17.9. The van der Waals surface area contributed by atoms with E-state index in [2.05, 4.69) is 0 Å². The Bertz CT molecular complexity index is 936. The summed E-state index contributed by atoms with van der Waals surface area (Å²) in [4.78, 5) is 26.5. The van der Waals surface area contributed by atoms with Gasteiger partial charge >= 0.3 is 0 Å². The van der Waals surface area contributed by atoms with Gasteiger partial charge < -0.3 is 9.47 Å². The van der Waals surface area contributed by atoms with E-state index in [-0.39, 0.29) is 17.2 Å². The smallest absolute Gasteiger partial charge is 0.293 e. The molecule has 0 aromatic heterocycles. The monoisotopic (exact) mass is 411 g/mol. The Morgan fingerprint density at radius 2 is 1.83 bits per heavy atom. The topological polar surface area (TPSA) is 55.8 Å². The largest absolute Gasteiger partial charge is 0.493 e. The van der Waals surface area contributed by atoms with Crippen LogP contribution in [0.5, 0.6) is 11.5 Å². The molecular formula is C23H25NO4S. The van der Waals surface area contributed by atoms with Crippen LogP contribution < -0.4 is 9.47 Å². The van der Waals surface area contributed by atoms with Gasteiger partial charge in [0, 0.05) is 6.04 Å². The number of hydrogen-bond acceptors (Lipinski definition) is 5. The second kappa shape index (κ2) is 9.18. The molecule has 2 aromatic rings. The number of hydrogen-bond donors (Lipinski definition) is 0. The SMILES string of the molecule is CC[C@H](C)N1C(=O)S/C(=C/c2ccc(OCc3ccc(C)cc3)c(OC)c2)C1=O. The maximum Gasteiger partial charge on any atom is 0.293 e. The van der Waals surface area contributed by atoms with E-state index in [1.54, 1.807) is 13.2 Å². The molecule has 5 nitrogen and oxygen atoms in total. The second-order valence-electron chi connectivity index (χ2n) is 6.99. The number of carbonyl (C=O) groups excluding carboxylic acids is 2. The number of thioether (sulfide) groups is 1. The highest BCUT2D eigenvalue weighted by atomic mass is 32.2. The van der Waals surface area contributed by atoms with Crippen LogP contribution in [0.4, 0.5) is 4.79 Å². The van der Waals surface area contributed by atoms with Gasteiger partial charge in [0.15, 0.2) is 11.5 Å². The first-order chi connectivity index (χ1) is 13.9. The maximum atomic E-state index is 12.6. The highest BCUT2D eigenvalue weighted by molar-refractivity contribution is 8.18. The summed E-state index contributed by atoms with van der Waals surface area (Å²) in [6.45, 7) is 6.31. The van der Waals surface area contributed by atoms with Crippen LogP contribution >= 0.6 is 11.8 Å². The molecule has 1 saturated heterocycles. The number of nitrogens with zero attached hydrogens (tertiary/aromatic N) is 1. The second-order valence-corrected chi connectivity index (χ2v) is 7.99. The van der Waals surface area contributed by atoms with Crippen molar-refractivity contribution in [2.45, 2.75) is 39.8 Å². The highest BCUT2D eigenvalue weighted by Gasteiger charge is 2.37. The molecule has 0 N–H and O–H groups in total. The minimum Gasteiger partial charge on any atom is -0.493 e. The van der Waals surface area contributed by atoms with E-state index in [9.17, 15) is 9.59 Å². The summed E-state index contributed by atoms with van der Waals surface area (Å²) in [5, 5.41) is -0.222. The van der Waals surface area contributed by atoms with Crippen LogP contribution in [0.25, 0.3) is 6.08 Å². The van der Waals surface area contributed by atoms with Gasteiger partial charge in [0.2, 0.25) is 0 Å². The average molecular weight is 412 g/mol. The molecule has 1 atom stereocenters. The van der Waals surface area contributed by atoms with Crippen LogP contribution in [0, 0.1) is 6.92 Å². The summed E-state index contributed by atoms with van der Waals surface area (Å²) in [6.07, 6.45) is 2.45. The highest BCUT2D eigenvalue weighted by Crippen LogP contribution is 2.36. The molecule has 2 amide bonds. The van der Waals surface area contributed by atoms with Crippen LogP contribution in [0.3, 0.4) is 0 Å². The number of carbonyl (C=O) groups is 2. The Labute approximate surface area is 175 Å². The van der Waals surface area contributed by atoms with Crippen LogP contribution in [-0.2, 0) is 11.4 Å². The number of methoxy groups -OCH3 is 1. The quantitative estimate of drug-likeness (QED) is 0.570. The third kappa shape index (κ3) is 4.82.